The highest BCUT2D eigenvalue weighted by Gasteiger charge is 2.31. The standard InChI is InChI=1S/C11H16FNO/c1-8(7-13)11(2,14)9-5-3-4-6-10(9)12/h3-6,8,14H,7,13H2,1-2H3. The minimum absolute atomic E-state index is 0.181. The maximum atomic E-state index is 13.4. The van der Waals surface area contributed by atoms with Gasteiger partial charge < -0.3 is 10.8 Å². The van der Waals surface area contributed by atoms with Crippen LogP contribution in [0.5, 0.6) is 0 Å². The van der Waals surface area contributed by atoms with Crippen molar-refractivity contribution >= 4 is 0 Å². The van der Waals surface area contributed by atoms with E-state index in [4.69, 9.17) is 5.73 Å². The Morgan fingerprint density at radius 1 is 1.50 bits per heavy atom. The van der Waals surface area contributed by atoms with E-state index in [2.05, 4.69) is 0 Å². The van der Waals surface area contributed by atoms with Crippen LogP contribution in [-0.2, 0) is 5.60 Å². The Morgan fingerprint density at radius 2 is 2.07 bits per heavy atom. The lowest BCUT2D eigenvalue weighted by atomic mass is 9.84. The number of halogens is 1. The smallest absolute Gasteiger partial charge is 0.129 e. The molecule has 0 aromatic heterocycles. The van der Waals surface area contributed by atoms with Crippen molar-refractivity contribution in [1.29, 1.82) is 0 Å². The zero-order chi connectivity index (χ0) is 10.8. The van der Waals surface area contributed by atoms with Gasteiger partial charge in [0.2, 0.25) is 0 Å². The van der Waals surface area contributed by atoms with Crippen molar-refractivity contribution in [3.8, 4) is 0 Å². The van der Waals surface area contributed by atoms with Crippen molar-refractivity contribution in [2.75, 3.05) is 6.54 Å². The van der Waals surface area contributed by atoms with Gasteiger partial charge in [0.25, 0.3) is 0 Å². The molecule has 2 nitrogen and oxygen atoms in total. The summed E-state index contributed by atoms with van der Waals surface area (Å²) < 4.78 is 13.4. The fraction of sp³-hybridized carbons (Fsp3) is 0.455. The Labute approximate surface area is 83.6 Å². The summed E-state index contributed by atoms with van der Waals surface area (Å²) in [4.78, 5) is 0. The first kappa shape index (κ1) is 11.1. The summed E-state index contributed by atoms with van der Waals surface area (Å²) in [5.74, 6) is -0.572. The molecule has 1 aromatic rings. The average Bonchev–Trinajstić information content (AvgIpc) is 2.17. The molecular weight excluding hydrogens is 181 g/mol. The van der Waals surface area contributed by atoms with Gasteiger partial charge in [0.15, 0.2) is 0 Å². The molecule has 0 saturated carbocycles. The quantitative estimate of drug-likeness (QED) is 0.773. The second kappa shape index (κ2) is 4.07. The Kier molecular flexibility index (Phi) is 3.24. The molecule has 0 aliphatic rings. The number of nitrogens with two attached hydrogens (primary N) is 1. The van der Waals surface area contributed by atoms with Crippen LogP contribution in [0, 0.1) is 11.7 Å². The Morgan fingerprint density at radius 3 is 2.57 bits per heavy atom. The molecule has 0 saturated heterocycles. The molecule has 0 aliphatic heterocycles. The normalized spacial score (nSPS) is 17.5. The van der Waals surface area contributed by atoms with Gasteiger partial charge in [-0.15, -0.1) is 0 Å². The highest BCUT2D eigenvalue weighted by atomic mass is 19.1. The van der Waals surface area contributed by atoms with Crippen LogP contribution in [0.25, 0.3) is 0 Å². The third kappa shape index (κ3) is 1.94. The number of hydrogen-bond acceptors (Lipinski definition) is 2. The van der Waals surface area contributed by atoms with Crippen molar-refractivity contribution in [3.05, 3.63) is 35.6 Å². The van der Waals surface area contributed by atoms with E-state index in [1.807, 2.05) is 0 Å². The van der Waals surface area contributed by atoms with Crippen LogP contribution in [0.1, 0.15) is 19.4 Å². The second-order valence-electron chi connectivity index (χ2n) is 3.76. The Hall–Kier alpha value is -0.930. The molecular formula is C11H16FNO. The zero-order valence-corrected chi connectivity index (χ0v) is 8.50. The topological polar surface area (TPSA) is 46.2 Å². The third-order valence-corrected chi connectivity index (χ3v) is 2.73. The van der Waals surface area contributed by atoms with Gasteiger partial charge >= 0.3 is 0 Å². The molecule has 0 bridgehead atoms. The SMILES string of the molecule is CC(CN)C(C)(O)c1ccccc1F. The molecule has 78 valence electrons. The number of aliphatic hydroxyl groups is 1. The molecule has 2 unspecified atom stereocenters. The molecule has 0 spiro atoms. The van der Waals surface area contributed by atoms with Crippen molar-refractivity contribution in [2.45, 2.75) is 19.4 Å². The van der Waals surface area contributed by atoms with E-state index in [1.165, 1.54) is 6.07 Å². The fourth-order valence-electron chi connectivity index (χ4n) is 1.37. The molecule has 1 rings (SSSR count). The van der Waals surface area contributed by atoms with E-state index < -0.39 is 11.4 Å². The van der Waals surface area contributed by atoms with Gasteiger partial charge in [-0.1, -0.05) is 25.1 Å². The molecule has 3 heteroatoms. The summed E-state index contributed by atoms with van der Waals surface area (Å²) in [6.45, 7) is 3.71. The van der Waals surface area contributed by atoms with Gasteiger partial charge in [0, 0.05) is 11.5 Å². The van der Waals surface area contributed by atoms with E-state index >= 15 is 0 Å². The number of hydrogen-bond donors (Lipinski definition) is 2. The van der Waals surface area contributed by atoms with Crippen molar-refractivity contribution in [3.63, 3.8) is 0 Å². The van der Waals surface area contributed by atoms with Crippen LogP contribution in [0.15, 0.2) is 24.3 Å². The van der Waals surface area contributed by atoms with Crippen molar-refractivity contribution in [2.24, 2.45) is 11.7 Å². The first-order chi connectivity index (χ1) is 6.50. The largest absolute Gasteiger partial charge is 0.385 e. The maximum absolute atomic E-state index is 13.4. The van der Waals surface area contributed by atoms with Gasteiger partial charge in [-0.05, 0) is 19.5 Å². The molecule has 0 aliphatic carbocycles. The summed E-state index contributed by atoms with van der Waals surface area (Å²) in [7, 11) is 0. The van der Waals surface area contributed by atoms with E-state index in [1.54, 1.807) is 32.0 Å². The van der Waals surface area contributed by atoms with Gasteiger partial charge in [0.05, 0.1) is 5.60 Å². The lowest BCUT2D eigenvalue weighted by Crippen LogP contribution is -2.35. The van der Waals surface area contributed by atoms with Crippen molar-refractivity contribution < 1.29 is 9.50 Å². The monoisotopic (exact) mass is 197 g/mol. The third-order valence-electron chi connectivity index (χ3n) is 2.73. The minimum Gasteiger partial charge on any atom is -0.385 e. The van der Waals surface area contributed by atoms with E-state index in [0.717, 1.165) is 0 Å². The van der Waals surface area contributed by atoms with E-state index in [0.29, 0.717) is 12.1 Å². The Bertz CT molecular complexity index is 312. The molecule has 1 aromatic carbocycles. The Balaban J connectivity index is 3.09. The highest BCUT2D eigenvalue weighted by molar-refractivity contribution is 5.24. The van der Waals surface area contributed by atoms with Crippen LogP contribution < -0.4 is 5.73 Å². The molecule has 3 N–H and O–H groups in total. The summed E-state index contributed by atoms with van der Waals surface area (Å²) >= 11 is 0. The lowest BCUT2D eigenvalue weighted by molar-refractivity contribution is 0.00198. The predicted octanol–water partition coefficient (Wildman–Crippen LogP) is 1.63. The maximum Gasteiger partial charge on any atom is 0.129 e. The van der Waals surface area contributed by atoms with Gasteiger partial charge in [-0.3, -0.25) is 0 Å². The molecule has 0 amide bonds. The summed E-state index contributed by atoms with van der Waals surface area (Å²) in [5.41, 5.74) is 4.56. The molecule has 14 heavy (non-hydrogen) atoms. The van der Waals surface area contributed by atoms with Crippen molar-refractivity contribution in [1.82, 2.24) is 0 Å². The summed E-state index contributed by atoms with van der Waals surface area (Å²) in [6.07, 6.45) is 0. The van der Waals surface area contributed by atoms with Crippen LogP contribution in [0.2, 0.25) is 0 Å². The van der Waals surface area contributed by atoms with E-state index in [-0.39, 0.29) is 5.92 Å². The van der Waals surface area contributed by atoms with Gasteiger partial charge in [-0.2, -0.15) is 0 Å². The minimum atomic E-state index is -1.21. The molecule has 0 radical (unpaired) electrons. The zero-order valence-electron chi connectivity index (χ0n) is 8.50. The summed E-state index contributed by atoms with van der Waals surface area (Å²) in [5, 5.41) is 10.1. The van der Waals surface area contributed by atoms with E-state index in [9.17, 15) is 9.50 Å². The van der Waals surface area contributed by atoms with Crippen LogP contribution in [-0.4, -0.2) is 11.7 Å². The predicted molar refractivity (Wildman–Crippen MR) is 54.2 cm³/mol. The first-order valence-corrected chi connectivity index (χ1v) is 4.67. The fourth-order valence-corrected chi connectivity index (χ4v) is 1.37. The molecule has 2 atom stereocenters. The van der Waals surface area contributed by atoms with Gasteiger partial charge in [-0.25, -0.2) is 4.39 Å². The number of benzene rings is 1. The number of rotatable bonds is 3. The average molecular weight is 197 g/mol. The van der Waals surface area contributed by atoms with Gasteiger partial charge in [0.1, 0.15) is 5.82 Å². The second-order valence-corrected chi connectivity index (χ2v) is 3.76. The highest BCUT2D eigenvalue weighted by Crippen LogP contribution is 2.30. The van der Waals surface area contributed by atoms with Crippen LogP contribution >= 0.6 is 0 Å². The molecule has 0 fully saturated rings. The summed E-state index contributed by atoms with van der Waals surface area (Å²) in [6, 6.07) is 6.23. The lowest BCUT2D eigenvalue weighted by Gasteiger charge is -2.30. The first-order valence-electron chi connectivity index (χ1n) is 4.67. The van der Waals surface area contributed by atoms with Crippen LogP contribution in [0.4, 0.5) is 4.39 Å². The van der Waals surface area contributed by atoms with Crippen LogP contribution in [0.3, 0.4) is 0 Å². The molecule has 0 heterocycles.